The molecular weight excluding hydrogens is 328 g/mol. The molecule has 0 radical (unpaired) electrons. The minimum Gasteiger partial charge on any atom is -0.489 e. The average molecular weight is 344 g/mol. The number of aromatic nitrogens is 1. The molecule has 0 bridgehead atoms. The van der Waals surface area contributed by atoms with Crippen molar-refractivity contribution in [2.24, 2.45) is 10.2 Å². The first kappa shape index (κ1) is 16.3. The lowest BCUT2D eigenvalue weighted by Gasteiger charge is -2.05. The fourth-order valence-corrected chi connectivity index (χ4v) is 2.67. The topological polar surface area (TPSA) is 89.1 Å². The van der Waals surface area contributed by atoms with Gasteiger partial charge in [0, 0.05) is 0 Å². The molecule has 1 saturated heterocycles. The van der Waals surface area contributed by atoms with Crippen LogP contribution in [-0.2, 0) is 11.4 Å². The van der Waals surface area contributed by atoms with Gasteiger partial charge in [0.05, 0.1) is 23.2 Å². The van der Waals surface area contributed by atoms with E-state index in [1.54, 1.807) is 6.21 Å². The predicted octanol–water partition coefficient (Wildman–Crippen LogP) is 2.42. The maximum Gasteiger partial charge on any atom is 0.236 e. The van der Waals surface area contributed by atoms with Crippen LogP contribution in [0.3, 0.4) is 0 Å². The molecule has 7 nitrogen and oxygen atoms in total. The van der Waals surface area contributed by atoms with E-state index in [9.17, 15) is 4.79 Å². The molecule has 2 heterocycles. The molecule has 124 valence electrons. The Labute approximate surface area is 143 Å². The zero-order chi connectivity index (χ0) is 16.9. The van der Waals surface area contributed by atoms with Gasteiger partial charge < -0.3 is 14.6 Å². The lowest BCUT2D eigenvalue weighted by atomic mass is 10.2. The summed E-state index contributed by atoms with van der Waals surface area (Å²) in [6.07, 6.45) is 1.62. The highest BCUT2D eigenvalue weighted by Gasteiger charge is 2.15. The molecular formula is C16H16N4O3S. The van der Waals surface area contributed by atoms with Crippen molar-refractivity contribution in [2.45, 2.75) is 20.5 Å². The number of nitrogens with zero attached hydrogens (tertiary/aromatic N) is 3. The van der Waals surface area contributed by atoms with Crippen LogP contribution in [0, 0.1) is 13.8 Å². The highest BCUT2D eigenvalue weighted by atomic mass is 32.2. The van der Waals surface area contributed by atoms with Crippen LogP contribution in [0.1, 0.15) is 22.6 Å². The third kappa shape index (κ3) is 4.02. The highest BCUT2D eigenvalue weighted by molar-refractivity contribution is 8.15. The summed E-state index contributed by atoms with van der Waals surface area (Å²) in [4.78, 5) is 11.0. The molecule has 0 aliphatic carbocycles. The number of amidine groups is 1. The smallest absolute Gasteiger partial charge is 0.236 e. The molecule has 8 heteroatoms. The Balaban J connectivity index is 1.56. The summed E-state index contributed by atoms with van der Waals surface area (Å²) in [7, 11) is 0. The summed E-state index contributed by atoms with van der Waals surface area (Å²) < 4.78 is 10.8. The van der Waals surface area contributed by atoms with E-state index in [4.69, 9.17) is 9.26 Å². The van der Waals surface area contributed by atoms with Gasteiger partial charge in [0.1, 0.15) is 18.1 Å². The predicted molar refractivity (Wildman–Crippen MR) is 92.4 cm³/mol. The van der Waals surface area contributed by atoms with Crippen molar-refractivity contribution in [1.29, 1.82) is 0 Å². The normalized spacial score (nSPS) is 16.1. The maximum atomic E-state index is 11.0. The third-order valence-corrected chi connectivity index (χ3v) is 4.25. The number of nitrogens with one attached hydrogen (secondary N) is 1. The molecule has 0 spiro atoms. The number of hydrogen-bond donors (Lipinski definition) is 1. The second kappa shape index (κ2) is 7.31. The van der Waals surface area contributed by atoms with Gasteiger partial charge in [-0.15, -0.1) is 5.10 Å². The second-order valence-electron chi connectivity index (χ2n) is 5.15. The van der Waals surface area contributed by atoms with E-state index in [1.807, 2.05) is 38.1 Å². The second-order valence-corrected chi connectivity index (χ2v) is 6.11. The number of carbonyl (C=O) groups is 1. The van der Waals surface area contributed by atoms with Crippen molar-refractivity contribution >= 4 is 29.1 Å². The first-order valence-corrected chi connectivity index (χ1v) is 8.28. The Bertz CT molecular complexity index is 777. The SMILES string of the molecule is Cc1noc(C)c1COc1ccc(C=NN=C2NC(=O)CS2)cc1. The summed E-state index contributed by atoms with van der Waals surface area (Å²) in [5, 5.41) is 15.0. The molecule has 2 aromatic rings. The Morgan fingerprint density at radius 2 is 2.17 bits per heavy atom. The van der Waals surface area contributed by atoms with Gasteiger partial charge in [-0.1, -0.05) is 16.9 Å². The summed E-state index contributed by atoms with van der Waals surface area (Å²) in [5.74, 6) is 1.86. The fraction of sp³-hybridized carbons (Fsp3) is 0.250. The molecule has 0 saturated carbocycles. The van der Waals surface area contributed by atoms with Gasteiger partial charge in [-0.05, 0) is 43.7 Å². The largest absolute Gasteiger partial charge is 0.489 e. The Morgan fingerprint density at radius 3 is 2.79 bits per heavy atom. The minimum absolute atomic E-state index is 0.0475. The molecule has 1 aromatic carbocycles. The van der Waals surface area contributed by atoms with Gasteiger partial charge in [-0.3, -0.25) is 4.79 Å². The molecule has 1 amide bonds. The van der Waals surface area contributed by atoms with Gasteiger partial charge in [0.2, 0.25) is 5.91 Å². The van der Waals surface area contributed by atoms with Gasteiger partial charge in [-0.25, -0.2) is 0 Å². The van der Waals surface area contributed by atoms with Gasteiger partial charge in [0.15, 0.2) is 5.17 Å². The molecule has 1 fully saturated rings. The number of aryl methyl sites for hydroxylation is 2. The number of benzene rings is 1. The number of rotatable bonds is 5. The van der Waals surface area contributed by atoms with E-state index in [1.165, 1.54) is 11.8 Å². The Hall–Kier alpha value is -2.61. The molecule has 0 atom stereocenters. The van der Waals surface area contributed by atoms with Gasteiger partial charge in [0.25, 0.3) is 0 Å². The van der Waals surface area contributed by atoms with Crippen LogP contribution in [0.4, 0.5) is 0 Å². The molecule has 1 aliphatic heterocycles. The van der Waals surface area contributed by atoms with E-state index >= 15 is 0 Å². The molecule has 3 rings (SSSR count). The van der Waals surface area contributed by atoms with Crippen molar-refractivity contribution in [1.82, 2.24) is 10.5 Å². The fourth-order valence-electron chi connectivity index (χ4n) is 2.04. The van der Waals surface area contributed by atoms with Crippen LogP contribution < -0.4 is 10.1 Å². The van der Waals surface area contributed by atoms with Crippen molar-refractivity contribution in [3.05, 3.63) is 46.8 Å². The number of thioether (sulfide) groups is 1. The van der Waals surface area contributed by atoms with Crippen LogP contribution in [-0.4, -0.2) is 28.2 Å². The Kier molecular flexibility index (Phi) is 4.95. The van der Waals surface area contributed by atoms with E-state index in [-0.39, 0.29) is 5.91 Å². The zero-order valence-electron chi connectivity index (χ0n) is 13.3. The number of amides is 1. The number of ether oxygens (including phenoxy) is 1. The van der Waals surface area contributed by atoms with E-state index in [2.05, 4.69) is 20.7 Å². The zero-order valence-corrected chi connectivity index (χ0v) is 14.1. The minimum atomic E-state index is -0.0475. The van der Waals surface area contributed by atoms with Crippen molar-refractivity contribution in [3.63, 3.8) is 0 Å². The van der Waals surface area contributed by atoms with Crippen LogP contribution in [0.2, 0.25) is 0 Å². The first-order chi connectivity index (χ1) is 11.6. The number of hydrogen-bond acceptors (Lipinski definition) is 7. The lowest BCUT2D eigenvalue weighted by Crippen LogP contribution is -2.19. The van der Waals surface area contributed by atoms with Crippen LogP contribution in [0.5, 0.6) is 5.75 Å². The van der Waals surface area contributed by atoms with Crippen molar-refractivity contribution in [3.8, 4) is 5.75 Å². The lowest BCUT2D eigenvalue weighted by molar-refractivity contribution is -0.116. The quantitative estimate of drug-likeness (QED) is 0.665. The Morgan fingerprint density at radius 1 is 1.38 bits per heavy atom. The molecule has 1 aliphatic rings. The van der Waals surface area contributed by atoms with Gasteiger partial charge in [-0.2, -0.15) is 5.10 Å². The van der Waals surface area contributed by atoms with Crippen LogP contribution >= 0.6 is 11.8 Å². The van der Waals surface area contributed by atoms with E-state index in [0.717, 1.165) is 28.3 Å². The van der Waals surface area contributed by atoms with Crippen LogP contribution in [0.25, 0.3) is 0 Å². The number of carbonyl (C=O) groups excluding carboxylic acids is 1. The van der Waals surface area contributed by atoms with Crippen LogP contribution in [0.15, 0.2) is 39.0 Å². The van der Waals surface area contributed by atoms with Crippen molar-refractivity contribution in [2.75, 3.05) is 5.75 Å². The summed E-state index contributed by atoms with van der Waals surface area (Å²) in [5.41, 5.74) is 2.69. The van der Waals surface area contributed by atoms with Crippen molar-refractivity contribution < 1.29 is 14.1 Å². The van der Waals surface area contributed by atoms with Gasteiger partial charge >= 0.3 is 0 Å². The van der Waals surface area contributed by atoms with E-state index < -0.39 is 0 Å². The summed E-state index contributed by atoms with van der Waals surface area (Å²) >= 11 is 1.34. The highest BCUT2D eigenvalue weighted by Crippen LogP contribution is 2.17. The standard InChI is InChI=1S/C16H16N4O3S/c1-10-14(11(2)23-20-10)8-22-13-5-3-12(4-6-13)7-17-19-16-18-15(21)9-24-16/h3-7H,8-9H2,1-2H3,(H,18,19,21). The molecule has 24 heavy (non-hydrogen) atoms. The summed E-state index contributed by atoms with van der Waals surface area (Å²) in [6, 6.07) is 7.48. The first-order valence-electron chi connectivity index (χ1n) is 7.30. The average Bonchev–Trinajstić information content (AvgIpc) is 3.13. The molecule has 1 aromatic heterocycles. The molecule has 1 N–H and O–H groups in total. The van der Waals surface area contributed by atoms with E-state index in [0.29, 0.717) is 17.5 Å². The molecule has 0 unspecified atom stereocenters. The third-order valence-electron chi connectivity index (χ3n) is 3.39. The summed E-state index contributed by atoms with van der Waals surface area (Å²) in [6.45, 7) is 4.17. The maximum absolute atomic E-state index is 11.0. The monoisotopic (exact) mass is 344 g/mol.